The van der Waals surface area contributed by atoms with Gasteiger partial charge in [-0.3, -0.25) is 4.79 Å². The number of nitrogens with two attached hydrogens (primary N) is 1. The summed E-state index contributed by atoms with van der Waals surface area (Å²) in [5.41, 5.74) is 6.97. The molecule has 3 N–H and O–H groups in total. The second-order valence-electron chi connectivity index (χ2n) is 6.08. The summed E-state index contributed by atoms with van der Waals surface area (Å²) in [5, 5.41) is 9.93. The van der Waals surface area contributed by atoms with Gasteiger partial charge in [-0.1, -0.05) is 11.6 Å². The van der Waals surface area contributed by atoms with Gasteiger partial charge < -0.3 is 20.5 Å². The fourth-order valence-electron chi connectivity index (χ4n) is 2.88. The zero-order valence-corrected chi connectivity index (χ0v) is 15.5. The van der Waals surface area contributed by atoms with Gasteiger partial charge in [-0.25, -0.2) is 0 Å². The van der Waals surface area contributed by atoms with Crippen molar-refractivity contribution >= 4 is 35.5 Å². The van der Waals surface area contributed by atoms with E-state index in [4.69, 9.17) is 22.1 Å². The molecular weight excluding hydrogens is 351 g/mol. The lowest BCUT2D eigenvalue weighted by Gasteiger charge is -2.29. The highest BCUT2D eigenvalue weighted by Crippen LogP contribution is 2.29. The van der Waals surface area contributed by atoms with Gasteiger partial charge in [0.15, 0.2) is 0 Å². The maximum absolute atomic E-state index is 12.2. The number of rotatable bonds is 7. The molecule has 0 radical (unpaired) electrons. The van der Waals surface area contributed by atoms with Gasteiger partial charge in [0, 0.05) is 37.6 Å². The number of carbonyl (C=O) groups is 1. The molecule has 0 saturated carbocycles. The minimum Gasteiger partial charge on any atom is -0.496 e. The predicted octanol–water partition coefficient (Wildman–Crippen LogP) is 2.70. The summed E-state index contributed by atoms with van der Waals surface area (Å²) in [5.74, 6) is 0.770. The number of methoxy groups -OCH3 is 1. The van der Waals surface area contributed by atoms with Crippen molar-refractivity contribution in [3.63, 3.8) is 0 Å². The molecule has 0 atom stereocenters. The fourth-order valence-corrected chi connectivity index (χ4v) is 3.07. The molecule has 1 aliphatic rings. The van der Waals surface area contributed by atoms with E-state index in [0.717, 1.165) is 44.5 Å². The average molecular weight is 377 g/mol. The van der Waals surface area contributed by atoms with Crippen LogP contribution in [-0.2, 0) is 11.2 Å². The van der Waals surface area contributed by atoms with E-state index >= 15 is 0 Å². The normalized spacial score (nSPS) is 15.8. The third-order valence-corrected chi connectivity index (χ3v) is 4.60. The van der Waals surface area contributed by atoms with Crippen molar-refractivity contribution < 1.29 is 14.6 Å². The minimum atomic E-state index is -0.157. The lowest BCUT2D eigenvalue weighted by Crippen LogP contribution is -2.36. The fraction of sp³-hybridized carbons (Fsp3) is 0.588. The van der Waals surface area contributed by atoms with Gasteiger partial charge in [0.25, 0.3) is 0 Å². The summed E-state index contributed by atoms with van der Waals surface area (Å²) in [4.78, 5) is 14.5. The van der Waals surface area contributed by atoms with Crippen molar-refractivity contribution in [2.24, 2.45) is 0 Å². The molecule has 1 aromatic carbocycles. The third-order valence-electron chi connectivity index (χ3n) is 4.27. The Kier molecular flexibility index (Phi) is 8.84. The van der Waals surface area contributed by atoms with Crippen LogP contribution in [-0.4, -0.2) is 48.6 Å². The Morgan fingerprint density at radius 2 is 2.08 bits per heavy atom. The van der Waals surface area contributed by atoms with E-state index in [1.807, 2.05) is 0 Å². The number of aliphatic hydroxyl groups is 1. The number of nitrogen functional groups attached to an aromatic ring is 1. The molecule has 1 fully saturated rings. The molecule has 7 heteroatoms. The molecule has 0 aromatic heterocycles. The zero-order chi connectivity index (χ0) is 16.8. The monoisotopic (exact) mass is 376 g/mol. The van der Waals surface area contributed by atoms with Gasteiger partial charge >= 0.3 is 0 Å². The summed E-state index contributed by atoms with van der Waals surface area (Å²) in [6, 6.07) is 3.36. The molecule has 0 bridgehead atoms. The molecule has 1 aliphatic heterocycles. The molecule has 0 spiro atoms. The number of hydrogen-bond acceptors (Lipinski definition) is 5. The smallest absolute Gasteiger partial charge is 0.137 e. The second-order valence-corrected chi connectivity index (χ2v) is 6.48. The SMILES string of the molecule is COc1cc(N)c(Cl)cc1CC(=O)CCCN1CCC(O)CC1.Cl. The molecule has 1 aromatic rings. The number of benzene rings is 1. The van der Waals surface area contributed by atoms with Crippen molar-refractivity contribution in [1.29, 1.82) is 0 Å². The van der Waals surface area contributed by atoms with Crippen LogP contribution in [0.3, 0.4) is 0 Å². The lowest BCUT2D eigenvalue weighted by molar-refractivity contribution is -0.118. The number of nitrogens with zero attached hydrogens (tertiary/aromatic N) is 1. The minimum absolute atomic E-state index is 0. The summed E-state index contributed by atoms with van der Waals surface area (Å²) in [6.45, 7) is 2.73. The van der Waals surface area contributed by atoms with Gasteiger partial charge in [-0.2, -0.15) is 0 Å². The number of piperidine rings is 1. The van der Waals surface area contributed by atoms with Crippen LogP contribution in [0.4, 0.5) is 5.69 Å². The molecule has 1 saturated heterocycles. The van der Waals surface area contributed by atoms with E-state index in [-0.39, 0.29) is 24.3 Å². The van der Waals surface area contributed by atoms with Crippen molar-refractivity contribution in [3.8, 4) is 5.75 Å². The van der Waals surface area contributed by atoms with Gasteiger partial charge in [0.05, 0.1) is 23.9 Å². The van der Waals surface area contributed by atoms with E-state index in [2.05, 4.69) is 4.90 Å². The van der Waals surface area contributed by atoms with Crippen LogP contribution < -0.4 is 10.5 Å². The first-order chi connectivity index (χ1) is 11.0. The van der Waals surface area contributed by atoms with Gasteiger partial charge in [0.1, 0.15) is 11.5 Å². The average Bonchev–Trinajstić information content (AvgIpc) is 2.52. The predicted molar refractivity (Wildman–Crippen MR) is 99.3 cm³/mol. The van der Waals surface area contributed by atoms with Gasteiger partial charge in [-0.05, 0) is 31.9 Å². The Hall–Kier alpha value is -1.01. The summed E-state index contributed by atoms with van der Waals surface area (Å²) in [7, 11) is 1.56. The van der Waals surface area contributed by atoms with Crippen molar-refractivity contribution in [2.45, 2.75) is 38.2 Å². The van der Waals surface area contributed by atoms with E-state index in [1.165, 1.54) is 0 Å². The van der Waals surface area contributed by atoms with Crippen LogP contribution in [0.2, 0.25) is 5.02 Å². The van der Waals surface area contributed by atoms with E-state index in [0.29, 0.717) is 29.3 Å². The number of ether oxygens (including phenoxy) is 1. The lowest BCUT2D eigenvalue weighted by atomic mass is 10.0. The summed E-state index contributed by atoms with van der Waals surface area (Å²) in [6.07, 6.45) is 3.17. The number of halogens is 2. The van der Waals surface area contributed by atoms with Crippen molar-refractivity contribution in [2.75, 3.05) is 32.5 Å². The molecule has 1 heterocycles. The van der Waals surface area contributed by atoms with Crippen LogP contribution in [0.5, 0.6) is 5.75 Å². The van der Waals surface area contributed by atoms with E-state index < -0.39 is 0 Å². The zero-order valence-electron chi connectivity index (χ0n) is 14.0. The number of anilines is 1. The third kappa shape index (κ3) is 6.13. The van der Waals surface area contributed by atoms with Crippen LogP contribution >= 0.6 is 24.0 Å². The van der Waals surface area contributed by atoms with E-state index in [1.54, 1.807) is 19.2 Å². The Morgan fingerprint density at radius 3 is 2.71 bits per heavy atom. The molecule has 136 valence electrons. The largest absolute Gasteiger partial charge is 0.496 e. The maximum atomic E-state index is 12.2. The summed E-state index contributed by atoms with van der Waals surface area (Å²) >= 11 is 6.02. The Labute approximate surface area is 154 Å². The maximum Gasteiger partial charge on any atom is 0.137 e. The highest BCUT2D eigenvalue weighted by atomic mass is 35.5. The number of hydrogen-bond donors (Lipinski definition) is 2. The molecule has 0 aliphatic carbocycles. The molecule has 0 unspecified atom stereocenters. The summed E-state index contributed by atoms with van der Waals surface area (Å²) < 4.78 is 5.27. The quantitative estimate of drug-likeness (QED) is 0.715. The number of aliphatic hydroxyl groups excluding tert-OH is 1. The molecule has 0 amide bonds. The highest BCUT2D eigenvalue weighted by molar-refractivity contribution is 6.33. The molecule has 5 nitrogen and oxygen atoms in total. The van der Waals surface area contributed by atoms with Crippen LogP contribution in [0.1, 0.15) is 31.2 Å². The molecular formula is C17H26Cl2N2O3. The standard InChI is InChI=1S/C17H25ClN2O3.ClH/c1-23-17-11-16(19)15(18)10-12(17)9-14(22)3-2-6-20-7-4-13(21)5-8-20;/h10-11,13,21H,2-9,19H2,1H3;1H. The van der Waals surface area contributed by atoms with Crippen molar-refractivity contribution in [1.82, 2.24) is 4.90 Å². The first-order valence-electron chi connectivity index (χ1n) is 8.03. The molecule has 2 rings (SSSR count). The number of Topliss-reactive ketones (excluding diaryl/α,β-unsaturated/α-hetero) is 1. The number of carbonyl (C=O) groups excluding carboxylic acids is 1. The van der Waals surface area contributed by atoms with Crippen LogP contribution in [0.15, 0.2) is 12.1 Å². The topological polar surface area (TPSA) is 75.8 Å². The second kappa shape index (κ2) is 10.1. The molecule has 24 heavy (non-hydrogen) atoms. The van der Waals surface area contributed by atoms with Gasteiger partial charge in [0.2, 0.25) is 0 Å². The van der Waals surface area contributed by atoms with Crippen molar-refractivity contribution in [3.05, 3.63) is 22.7 Å². The van der Waals surface area contributed by atoms with E-state index in [9.17, 15) is 9.90 Å². The Morgan fingerprint density at radius 1 is 1.42 bits per heavy atom. The van der Waals surface area contributed by atoms with Crippen LogP contribution in [0, 0.1) is 0 Å². The first-order valence-corrected chi connectivity index (χ1v) is 8.41. The van der Waals surface area contributed by atoms with Gasteiger partial charge in [-0.15, -0.1) is 12.4 Å². The highest BCUT2D eigenvalue weighted by Gasteiger charge is 2.17. The number of ketones is 1. The first kappa shape index (κ1) is 21.0. The number of likely N-dealkylation sites (tertiary alicyclic amines) is 1. The Balaban J connectivity index is 0.00000288. The van der Waals surface area contributed by atoms with Crippen LogP contribution in [0.25, 0.3) is 0 Å². The Bertz CT molecular complexity index is 547.